The van der Waals surface area contributed by atoms with Crippen molar-refractivity contribution in [3.63, 3.8) is 0 Å². The molecule has 2 rings (SSSR count). The van der Waals surface area contributed by atoms with Gasteiger partial charge in [-0.3, -0.25) is 0 Å². The number of halogens is 2. The highest BCUT2D eigenvalue weighted by Gasteiger charge is 2.24. The minimum atomic E-state index is -1.26. The van der Waals surface area contributed by atoms with Gasteiger partial charge in [-0.1, -0.05) is 68.3 Å². The van der Waals surface area contributed by atoms with Gasteiger partial charge in [-0.05, 0) is 42.0 Å². The third kappa shape index (κ3) is 5.54. The second-order valence-electron chi connectivity index (χ2n) is 5.53. The summed E-state index contributed by atoms with van der Waals surface area (Å²) in [6, 6.07) is 15.1. The Morgan fingerprint density at radius 2 is 1.32 bits per heavy atom. The van der Waals surface area contributed by atoms with Crippen LogP contribution < -0.4 is 0 Å². The summed E-state index contributed by atoms with van der Waals surface area (Å²) in [5.41, 5.74) is 1.74. The first-order valence-electron chi connectivity index (χ1n) is 7.53. The van der Waals surface area contributed by atoms with E-state index in [0.717, 1.165) is 26.1 Å². The van der Waals surface area contributed by atoms with Crippen LogP contribution in [-0.4, -0.2) is 22.2 Å². The fraction of sp³-hybridized carbons (Fsp3) is 0.158. The Kier molecular flexibility index (Phi) is 6.96. The fourth-order valence-corrected chi connectivity index (χ4v) is 3.53. The van der Waals surface area contributed by atoms with E-state index in [-0.39, 0.29) is 5.57 Å². The van der Waals surface area contributed by atoms with E-state index in [2.05, 4.69) is 31.9 Å². The monoisotopic (exact) mass is 466 g/mol. The van der Waals surface area contributed by atoms with Gasteiger partial charge in [0.05, 0.1) is 0 Å². The van der Waals surface area contributed by atoms with E-state index in [1.165, 1.54) is 0 Å². The minimum Gasteiger partial charge on any atom is -0.478 e. The van der Waals surface area contributed by atoms with Crippen molar-refractivity contribution in [3.8, 4) is 0 Å². The van der Waals surface area contributed by atoms with Crippen LogP contribution in [0.1, 0.15) is 11.1 Å². The molecule has 0 saturated carbocycles. The molecule has 0 aromatic heterocycles. The largest absolute Gasteiger partial charge is 0.478 e. The van der Waals surface area contributed by atoms with Crippen molar-refractivity contribution in [2.75, 3.05) is 0 Å². The Balaban J connectivity index is 2.43. The Morgan fingerprint density at radius 1 is 0.880 bits per heavy atom. The average Bonchev–Trinajstić information content (AvgIpc) is 2.55. The molecule has 0 aliphatic carbocycles. The standard InChI is InChI=1S/C19H16Br2O4/c20-16-7-3-1-5-12(16)9-14(15(19(24)25)11-18(22)23)10-13-6-2-4-8-17(13)21/h1-8,11,14H,9-10H2,(H,22,23)(H,24,25)/b15-11-. The zero-order valence-corrected chi connectivity index (χ0v) is 16.3. The Labute approximate surface area is 162 Å². The molecule has 2 N–H and O–H groups in total. The molecule has 0 atom stereocenters. The third-order valence-corrected chi connectivity index (χ3v) is 5.36. The van der Waals surface area contributed by atoms with E-state index in [9.17, 15) is 14.7 Å². The number of carboxylic acids is 2. The summed E-state index contributed by atoms with van der Waals surface area (Å²) in [7, 11) is 0. The van der Waals surface area contributed by atoms with E-state index in [1.807, 2.05) is 48.5 Å². The summed E-state index contributed by atoms with van der Waals surface area (Å²) in [4.78, 5) is 22.8. The van der Waals surface area contributed by atoms with Crippen LogP contribution in [0, 0.1) is 5.92 Å². The maximum absolute atomic E-state index is 11.7. The molecule has 0 aliphatic heterocycles. The van der Waals surface area contributed by atoms with Crippen LogP contribution in [0.4, 0.5) is 0 Å². The van der Waals surface area contributed by atoms with Gasteiger partial charge >= 0.3 is 11.9 Å². The first-order valence-corrected chi connectivity index (χ1v) is 9.11. The van der Waals surface area contributed by atoms with Crippen molar-refractivity contribution in [1.82, 2.24) is 0 Å². The van der Waals surface area contributed by atoms with Crippen LogP contribution in [-0.2, 0) is 22.4 Å². The predicted octanol–water partition coefficient (Wildman–Crippen LogP) is 4.71. The SMILES string of the molecule is O=C(O)/C=C(\C(=O)O)C(Cc1ccccc1Br)Cc1ccccc1Br. The van der Waals surface area contributed by atoms with E-state index in [1.54, 1.807) is 0 Å². The number of carboxylic acid groups (broad SMARTS) is 2. The molecule has 0 aliphatic rings. The lowest BCUT2D eigenvalue weighted by atomic mass is 9.86. The highest BCUT2D eigenvalue weighted by Crippen LogP contribution is 2.28. The molecule has 130 valence electrons. The van der Waals surface area contributed by atoms with Crippen LogP contribution in [0.2, 0.25) is 0 Å². The second kappa shape index (κ2) is 8.97. The number of carbonyl (C=O) groups is 2. The predicted molar refractivity (Wildman–Crippen MR) is 103 cm³/mol. The van der Waals surface area contributed by atoms with Crippen LogP contribution in [0.25, 0.3) is 0 Å². The van der Waals surface area contributed by atoms with Crippen LogP contribution in [0.5, 0.6) is 0 Å². The van der Waals surface area contributed by atoms with Gasteiger partial charge < -0.3 is 10.2 Å². The first-order chi connectivity index (χ1) is 11.9. The molecule has 4 nitrogen and oxygen atoms in total. The van der Waals surface area contributed by atoms with Gasteiger partial charge in [0.2, 0.25) is 0 Å². The van der Waals surface area contributed by atoms with E-state index in [0.29, 0.717) is 12.8 Å². The number of hydrogen-bond acceptors (Lipinski definition) is 2. The van der Waals surface area contributed by atoms with E-state index >= 15 is 0 Å². The zero-order chi connectivity index (χ0) is 18.4. The van der Waals surface area contributed by atoms with Crippen LogP contribution in [0.3, 0.4) is 0 Å². The molecule has 6 heteroatoms. The summed E-state index contributed by atoms with van der Waals surface area (Å²) in [5, 5.41) is 18.6. The summed E-state index contributed by atoms with van der Waals surface area (Å²) < 4.78 is 1.74. The zero-order valence-electron chi connectivity index (χ0n) is 13.2. The topological polar surface area (TPSA) is 74.6 Å². The third-order valence-electron chi connectivity index (χ3n) is 3.81. The lowest BCUT2D eigenvalue weighted by molar-refractivity contribution is -0.135. The average molecular weight is 468 g/mol. The van der Waals surface area contributed by atoms with Gasteiger partial charge in [-0.15, -0.1) is 0 Å². The van der Waals surface area contributed by atoms with Crippen LogP contribution >= 0.6 is 31.9 Å². The molecule has 0 unspecified atom stereocenters. The summed E-state index contributed by atoms with van der Waals surface area (Å²) in [5.74, 6) is -2.96. The minimum absolute atomic E-state index is 0.112. The molecule has 0 bridgehead atoms. The molecule has 0 heterocycles. The molecular formula is C19H16Br2O4. The van der Waals surface area contributed by atoms with Crippen molar-refractivity contribution in [1.29, 1.82) is 0 Å². The molecule has 0 radical (unpaired) electrons. The first kappa shape index (κ1) is 19.4. The lowest BCUT2D eigenvalue weighted by Crippen LogP contribution is -2.19. The molecule has 0 fully saturated rings. The molecule has 0 saturated heterocycles. The molecule has 25 heavy (non-hydrogen) atoms. The number of rotatable bonds is 7. The van der Waals surface area contributed by atoms with Gasteiger partial charge in [0.25, 0.3) is 0 Å². The van der Waals surface area contributed by atoms with Crippen LogP contribution in [0.15, 0.2) is 69.1 Å². The molecular weight excluding hydrogens is 452 g/mol. The Morgan fingerprint density at radius 3 is 1.68 bits per heavy atom. The highest BCUT2D eigenvalue weighted by atomic mass is 79.9. The Hall–Kier alpha value is -1.92. The van der Waals surface area contributed by atoms with E-state index in [4.69, 9.17) is 5.11 Å². The normalized spacial score (nSPS) is 11.6. The van der Waals surface area contributed by atoms with Crippen molar-refractivity contribution in [3.05, 3.63) is 80.3 Å². The van der Waals surface area contributed by atoms with Gasteiger partial charge in [-0.25, -0.2) is 9.59 Å². The summed E-state index contributed by atoms with van der Waals surface area (Å²) in [6.45, 7) is 0. The summed E-state index contributed by atoms with van der Waals surface area (Å²) in [6.07, 6.45) is 1.61. The van der Waals surface area contributed by atoms with Crippen molar-refractivity contribution in [2.45, 2.75) is 12.8 Å². The maximum Gasteiger partial charge on any atom is 0.332 e. The molecule has 2 aromatic carbocycles. The van der Waals surface area contributed by atoms with Gasteiger partial charge in [0.1, 0.15) is 0 Å². The van der Waals surface area contributed by atoms with Crippen molar-refractivity contribution >= 4 is 43.8 Å². The van der Waals surface area contributed by atoms with Gasteiger partial charge in [-0.2, -0.15) is 0 Å². The van der Waals surface area contributed by atoms with Crippen molar-refractivity contribution in [2.24, 2.45) is 5.92 Å². The number of aliphatic carboxylic acids is 2. The quantitative estimate of drug-likeness (QED) is 0.578. The van der Waals surface area contributed by atoms with Gasteiger partial charge in [0, 0.05) is 20.6 Å². The lowest BCUT2D eigenvalue weighted by Gasteiger charge is -2.19. The second-order valence-corrected chi connectivity index (χ2v) is 7.24. The smallest absolute Gasteiger partial charge is 0.332 e. The highest BCUT2D eigenvalue weighted by molar-refractivity contribution is 9.10. The number of hydrogen-bond donors (Lipinski definition) is 2. The maximum atomic E-state index is 11.7. The number of benzene rings is 2. The fourth-order valence-electron chi connectivity index (χ4n) is 2.64. The van der Waals surface area contributed by atoms with Crippen molar-refractivity contribution < 1.29 is 19.8 Å². The summed E-state index contributed by atoms with van der Waals surface area (Å²) >= 11 is 6.94. The molecule has 0 amide bonds. The Bertz CT molecular complexity index is 767. The molecule has 2 aromatic rings. The van der Waals surface area contributed by atoms with Gasteiger partial charge in [0.15, 0.2) is 0 Å². The molecule has 0 spiro atoms. The van der Waals surface area contributed by atoms with E-state index < -0.39 is 17.9 Å².